The third-order valence-electron chi connectivity index (χ3n) is 3.11. The van der Waals surface area contributed by atoms with Crippen molar-refractivity contribution in [2.45, 2.75) is 13.0 Å². The van der Waals surface area contributed by atoms with E-state index in [1.807, 2.05) is 11.8 Å². The highest BCUT2D eigenvalue weighted by molar-refractivity contribution is 6.05. The second kappa shape index (κ2) is 4.31. The van der Waals surface area contributed by atoms with Crippen molar-refractivity contribution in [1.82, 2.24) is 4.90 Å². The summed E-state index contributed by atoms with van der Waals surface area (Å²) in [7, 11) is 0. The molecule has 0 aliphatic carbocycles. The number of nitro benzene ring substituents is 1. The van der Waals surface area contributed by atoms with Crippen molar-refractivity contribution in [1.29, 1.82) is 0 Å². The van der Waals surface area contributed by atoms with Crippen LogP contribution in [0.2, 0.25) is 0 Å². The van der Waals surface area contributed by atoms with Gasteiger partial charge in [-0.15, -0.1) is 0 Å². The lowest BCUT2D eigenvalue weighted by molar-refractivity contribution is -0.385. The maximum absolute atomic E-state index is 11.1. The van der Waals surface area contributed by atoms with Crippen molar-refractivity contribution in [2.24, 2.45) is 9.98 Å². The Morgan fingerprint density at radius 1 is 1.42 bits per heavy atom. The first-order valence-electron chi connectivity index (χ1n) is 6.00. The number of nitro groups is 1. The van der Waals surface area contributed by atoms with Crippen molar-refractivity contribution in [3.63, 3.8) is 0 Å². The summed E-state index contributed by atoms with van der Waals surface area (Å²) in [5.74, 6) is 0.628. The third-order valence-corrected chi connectivity index (χ3v) is 3.11. The van der Waals surface area contributed by atoms with Crippen LogP contribution in [0, 0.1) is 10.1 Å². The van der Waals surface area contributed by atoms with E-state index >= 15 is 0 Å². The molecule has 0 fully saturated rings. The molecule has 2 aliphatic heterocycles. The quantitative estimate of drug-likeness (QED) is 0.600. The molecule has 1 aromatic rings. The standard InChI is InChI=1S/C13H12N4O2/c1-9-8-16-11(6-7-14-13(16)15-9)10-4-2-3-5-12(10)17(18)19/h2-7,9H,8H2,1H3. The maximum Gasteiger partial charge on any atom is 0.278 e. The summed E-state index contributed by atoms with van der Waals surface area (Å²) >= 11 is 0. The molecule has 0 saturated heterocycles. The van der Waals surface area contributed by atoms with E-state index in [0.717, 1.165) is 5.70 Å². The molecule has 1 atom stereocenters. The Balaban J connectivity index is 2.08. The van der Waals surface area contributed by atoms with Gasteiger partial charge in [0, 0.05) is 18.8 Å². The van der Waals surface area contributed by atoms with Crippen LogP contribution in [0.3, 0.4) is 0 Å². The Hall–Kier alpha value is -2.50. The molecule has 1 unspecified atom stereocenters. The Labute approximate surface area is 109 Å². The van der Waals surface area contributed by atoms with Gasteiger partial charge < -0.3 is 4.90 Å². The van der Waals surface area contributed by atoms with Crippen molar-refractivity contribution in [2.75, 3.05) is 6.54 Å². The first-order valence-corrected chi connectivity index (χ1v) is 6.00. The topological polar surface area (TPSA) is 71.1 Å². The largest absolute Gasteiger partial charge is 0.308 e. The van der Waals surface area contributed by atoms with E-state index in [4.69, 9.17) is 0 Å². The Morgan fingerprint density at radius 2 is 2.21 bits per heavy atom. The lowest BCUT2D eigenvalue weighted by Crippen LogP contribution is -2.28. The third kappa shape index (κ3) is 1.91. The summed E-state index contributed by atoms with van der Waals surface area (Å²) in [6.45, 7) is 2.70. The van der Waals surface area contributed by atoms with Gasteiger partial charge in [-0.2, -0.15) is 0 Å². The zero-order chi connectivity index (χ0) is 13.4. The number of para-hydroxylation sites is 1. The van der Waals surface area contributed by atoms with Gasteiger partial charge >= 0.3 is 0 Å². The number of hydrogen-bond acceptors (Lipinski definition) is 5. The number of benzene rings is 1. The highest BCUT2D eigenvalue weighted by Gasteiger charge is 2.30. The first kappa shape index (κ1) is 11.6. The van der Waals surface area contributed by atoms with Crippen LogP contribution in [-0.4, -0.2) is 34.6 Å². The van der Waals surface area contributed by atoms with E-state index in [1.54, 1.807) is 30.5 Å². The molecule has 2 aliphatic rings. The van der Waals surface area contributed by atoms with Gasteiger partial charge in [0.25, 0.3) is 5.69 Å². The number of nitrogens with zero attached hydrogens (tertiary/aromatic N) is 4. The average Bonchev–Trinajstić information content (AvgIpc) is 2.78. The second-order valence-electron chi connectivity index (χ2n) is 4.49. The van der Waals surface area contributed by atoms with E-state index in [2.05, 4.69) is 9.98 Å². The molecule has 1 aromatic carbocycles. The first-order chi connectivity index (χ1) is 9.16. The van der Waals surface area contributed by atoms with Crippen molar-refractivity contribution < 1.29 is 4.92 Å². The lowest BCUT2D eigenvalue weighted by atomic mass is 10.1. The zero-order valence-corrected chi connectivity index (χ0v) is 10.4. The molecule has 0 aromatic heterocycles. The summed E-state index contributed by atoms with van der Waals surface area (Å²) < 4.78 is 0. The predicted octanol–water partition coefficient (Wildman–Crippen LogP) is 2.08. The van der Waals surface area contributed by atoms with Crippen LogP contribution in [0.5, 0.6) is 0 Å². The van der Waals surface area contributed by atoms with E-state index < -0.39 is 0 Å². The highest BCUT2D eigenvalue weighted by Crippen LogP contribution is 2.31. The zero-order valence-electron chi connectivity index (χ0n) is 10.4. The minimum atomic E-state index is -0.363. The van der Waals surface area contributed by atoms with Gasteiger partial charge in [0.1, 0.15) is 0 Å². The van der Waals surface area contributed by atoms with Gasteiger partial charge in [-0.05, 0) is 19.1 Å². The number of fused-ring (bicyclic) bond motifs is 1. The fraction of sp³-hybridized carbons (Fsp3) is 0.231. The summed E-state index contributed by atoms with van der Waals surface area (Å²) in [6, 6.07) is 6.88. The van der Waals surface area contributed by atoms with E-state index in [0.29, 0.717) is 18.1 Å². The molecule has 0 saturated carbocycles. The molecule has 0 bridgehead atoms. The van der Waals surface area contributed by atoms with Crippen molar-refractivity contribution in [3.05, 3.63) is 46.0 Å². The monoisotopic (exact) mass is 256 g/mol. The Bertz CT molecular complexity index is 633. The van der Waals surface area contributed by atoms with Crippen LogP contribution in [0.1, 0.15) is 12.5 Å². The predicted molar refractivity (Wildman–Crippen MR) is 73.2 cm³/mol. The van der Waals surface area contributed by atoms with Crippen LogP contribution in [-0.2, 0) is 0 Å². The molecule has 3 rings (SSSR count). The average molecular weight is 256 g/mol. The molecule has 0 amide bonds. The fourth-order valence-corrected chi connectivity index (χ4v) is 2.31. The minimum Gasteiger partial charge on any atom is -0.308 e. The summed E-state index contributed by atoms with van der Waals surface area (Å²) in [6.07, 6.45) is 3.43. The van der Waals surface area contributed by atoms with Gasteiger partial charge in [-0.1, -0.05) is 12.1 Å². The smallest absolute Gasteiger partial charge is 0.278 e. The Morgan fingerprint density at radius 3 is 3.00 bits per heavy atom. The lowest BCUT2D eigenvalue weighted by Gasteiger charge is -2.23. The van der Waals surface area contributed by atoms with Gasteiger partial charge in [0.15, 0.2) is 0 Å². The molecule has 6 nitrogen and oxygen atoms in total. The molecular weight excluding hydrogens is 244 g/mol. The summed E-state index contributed by atoms with van der Waals surface area (Å²) in [4.78, 5) is 21.3. The molecule has 19 heavy (non-hydrogen) atoms. The fourth-order valence-electron chi connectivity index (χ4n) is 2.31. The molecule has 96 valence electrons. The van der Waals surface area contributed by atoms with E-state index in [-0.39, 0.29) is 16.7 Å². The molecule has 6 heteroatoms. The Kier molecular flexibility index (Phi) is 2.63. The van der Waals surface area contributed by atoms with E-state index in [1.165, 1.54) is 6.07 Å². The van der Waals surface area contributed by atoms with Crippen molar-refractivity contribution in [3.8, 4) is 0 Å². The highest BCUT2D eigenvalue weighted by atomic mass is 16.6. The molecule has 0 N–H and O–H groups in total. The van der Waals surface area contributed by atoms with Gasteiger partial charge in [0.05, 0.1) is 22.2 Å². The number of aliphatic imine (C=N–C) groups is 2. The van der Waals surface area contributed by atoms with Gasteiger partial charge in [0.2, 0.25) is 5.96 Å². The van der Waals surface area contributed by atoms with Crippen LogP contribution in [0.25, 0.3) is 5.70 Å². The van der Waals surface area contributed by atoms with E-state index in [9.17, 15) is 10.1 Å². The summed E-state index contributed by atoms with van der Waals surface area (Å²) in [5, 5.41) is 11.1. The second-order valence-corrected chi connectivity index (χ2v) is 4.49. The van der Waals surface area contributed by atoms with Crippen LogP contribution in [0.4, 0.5) is 5.69 Å². The minimum absolute atomic E-state index is 0.1000. The van der Waals surface area contributed by atoms with Crippen molar-refractivity contribution >= 4 is 23.6 Å². The molecule has 2 heterocycles. The molecule has 0 spiro atoms. The normalized spacial score (nSPS) is 20.9. The SMILES string of the molecule is CC1CN2C(c3ccccc3[N+](=O)[O-])=CC=NC2=N1. The van der Waals surface area contributed by atoms with Crippen LogP contribution < -0.4 is 0 Å². The maximum atomic E-state index is 11.1. The van der Waals surface area contributed by atoms with Gasteiger partial charge in [-0.25, -0.2) is 9.98 Å². The number of rotatable bonds is 2. The van der Waals surface area contributed by atoms with Gasteiger partial charge in [-0.3, -0.25) is 10.1 Å². The molecular formula is C13H12N4O2. The molecule has 0 radical (unpaired) electrons. The number of allylic oxidation sites excluding steroid dienone is 1. The summed E-state index contributed by atoms with van der Waals surface area (Å²) in [5.41, 5.74) is 1.48. The number of hydrogen-bond donors (Lipinski definition) is 0. The number of guanidine groups is 1. The van der Waals surface area contributed by atoms with Crippen LogP contribution >= 0.6 is 0 Å². The van der Waals surface area contributed by atoms with Crippen LogP contribution in [0.15, 0.2) is 40.3 Å².